The summed E-state index contributed by atoms with van der Waals surface area (Å²) in [6.45, 7) is 1.14. The van der Waals surface area contributed by atoms with Gasteiger partial charge in [-0.15, -0.1) is 11.8 Å². The average molecular weight is 329 g/mol. The minimum atomic E-state index is -3.28. The number of aromatic nitrogens is 1. The molecule has 0 aromatic carbocycles. The Morgan fingerprint density at radius 2 is 2.19 bits per heavy atom. The summed E-state index contributed by atoms with van der Waals surface area (Å²) in [5.41, 5.74) is 0. The molecule has 1 aromatic heterocycles. The summed E-state index contributed by atoms with van der Waals surface area (Å²) in [5.74, 6) is 1.52. The minimum absolute atomic E-state index is 0.0164. The number of thioether (sulfide) groups is 1. The number of nitrogens with zero attached hydrogens (tertiary/aromatic N) is 3. The van der Waals surface area contributed by atoms with Crippen molar-refractivity contribution >= 4 is 22.0 Å². The summed E-state index contributed by atoms with van der Waals surface area (Å²) in [6.07, 6.45) is 2.68. The molecule has 21 heavy (non-hydrogen) atoms. The van der Waals surface area contributed by atoms with Gasteiger partial charge in [0.1, 0.15) is 6.10 Å². The van der Waals surface area contributed by atoms with E-state index in [9.17, 15) is 8.42 Å². The Kier molecular flexibility index (Phi) is 3.89. The molecule has 2 aliphatic heterocycles. The van der Waals surface area contributed by atoms with E-state index in [1.165, 1.54) is 8.61 Å². The molecule has 0 aliphatic carbocycles. The summed E-state index contributed by atoms with van der Waals surface area (Å²) in [5, 5.41) is 0. The van der Waals surface area contributed by atoms with E-state index in [0.29, 0.717) is 19.0 Å². The first-order valence-electron chi connectivity index (χ1n) is 6.81. The predicted octanol–water partition coefficient (Wildman–Crippen LogP) is 0.827. The Labute approximate surface area is 129 Å². The summed E-state index contributed by atoms with van der Waals surface area (Å²) in [4.78, 5) is 4.17. The largest absolute Gasteiger partial charge is 0.473 e. The van der Waals surface area contributed by atoms with Crippen LogP contribution in [0.1, 0.15) is 6.42 Å². The van der Waals surface area contributed by atoms with Crippen molar-refractivity contribution in [3.05, 3.63) is 24.4 Å². The van der Waals surface area contributed by atoms with Crippen molar-refractivity contribution in [2.75, 3.05) is 32.9 Å². The second-order valence-corrected chi connectivity index (χ2v) is 9.29. The molecule has 0 N–H and O–H groups in total. The summed E-state index contributed by atoms with van der Waals surface area (Å²) < 4.78 is 32.7. The van der Waals surface area contributed by atoms with E-state index in [1.54, 1.807) is 20.3 Å². The molecule has 3 rings (SSSR count). The fourth-order valence-electron chi connectivity index (χ4n) is 2.68. The molecule has 1 spiro atoms. The second kappa shape index (κ2) is 5.42. The van der Waals surface area contributed by atoms with Gasteiger partial charge in [-0.2, -0.15) is 17.0 Å². The van der Waals surface area contributed by atoms with E-state index in [0.717, 1.165) is 12.2 Å². The van der Waals surface area contributed by atoms with Gasteiger partial charge in [0.05, 0.1) is 0 Å². The predicted molar refractivity (Wildman–Crippen MR) is 82.6 cm³/mol. The van der Waals surface area contributed by atoms with Gasteiger partial charge >= 0.3 is 0 Å². The quantitative estimate of drug-likeness (QED) is 0.819. The Morgan fingerprint density at radius 1 is 1.43 bits per heavy atom. The molecule has 1 aromatic rings. The summed E-state index contributed by atoms with van der Waals surface area (Å²) in [6, 6.07) is 5.60. The Bertz CT molecular complexity index is 600. The molecule has 2 fully saturated rings. The molecule has 2 aliphatic rings. The molecular formula is C13H19N3O3S2. The molecule has 0 radical (unpaired) electrons. The van der Waals surface area contributed by atoms with Crippen LogP contribution in [-0.2, 0) is 10.2 Å². The molecule has 3 heterocycles. The van der Waals surface area contributed by atoms with Gasteiger partial charge < -0.3 is 4.74 Å². The fourth-order valence-corrected chi connectivity index (χ4v) is 5.65. The lowest BCUT2D eigenvalue weighted by Crippen LogP contribution is -2.62. The van der Waals surface area contributed by atoms with Gasteiger partial charge in [-0.25, -0.2) is 4.98 Å². The molecule has 116 valence electrons. The van der Waals surface area contributed by atoms with Crippen LogP contribution in [0.2, 0.25) is 0 Å². The molecule has 0 bridgehead atoms. The number of hydrogen-bond donors (Lipinski definition) is 0. The van der Waals surface area contributed by atoms with Gasteiger partial charge in [-0.3, -0.25) is 0 Å². The number of rotatable bonds is 4. The summed E-state index contributed by atoms with van der Waals surface area (Å²) >= 11 is 1.81. The number of hydrogen-bond acceptors (Lipinski definition) is 5. The van der Waals surface area contributed by atoms with E-state index in [4.69, 9.17) is 4.74 Å². The van der Waals surface area contributed by atoms with Crippen LogP contribution in [0.3, 0.4) is 0 Å². The SMILES string of the molecule is CN(C)S(=O)(=O)N1CC2(C[C@H](Oc3ccccn3)CS2)C1. The van der Waals surface area contributed by atoms with Crippen molar-refractivity contribution in [3.63, 3.8) is 0 Å². The van der Waals surface area contributed by atoms with Crippen molar-refractivity contribution in [1.29, 1.82) is 0 Å². The van der Waals surface area contributed by atoms with Crippen molar-refractivity contribution in [2.24, 2.45) is 0 Å². The number of ether oxygens (including phenoxy) is 1. The third-order valence-corrected chi connectivity index (χ3v) is 7.23. The van der Waals surface area contributed by atoms with Gasteiger partial charge in [-0.1, -0.05) is 6.07 Å². The van der Waals surface area contributed by atoms with E-state index in [1.807, 2.05) is 30.0 Å². The topological polar surface area (TPSA) is 62.7 Å². The van der Waals surface area contributed by atoms with Crippen molar-refractivity contribution in [1.82, 2.24) is 13.6 Å². The molecule has 0 saturated carbocycles. The lowest BCUT2D eigenvalue weighted by atomic mass is 9.95. The standard InChI is InChI=1S/C13H19N3O3S2/c1-15(2)21(17,18)16-9-13(10-16)7-11(8-20-13)19-12-5-3-4-6-14-12/h3-6,11H,7-10H2,1-2H3/t11-/m0/s1. The first-order chi connectivity index (χ1) is 9.91. The van der Waals surface area contributed by atoms with Crippen LogP contribution in [0.25, 0.3) is 0 Å². The van der Waals surface area contributed by atoms with Crippen LogP contribution in [0, 0.1) is 0 Å². The Hall–Kier alpha value is -0.830. The zero-order valence-electron chi connectivity index (χ0n) is 12.1. The Morgan fingerprint density at radius 3 is 2.81 bits per heavy atom. The Balaban J connectivity index is 1.57. The highest BCUT2D eigenvalue weighted by molar-refractivity contribution is 8.01. The van der Waals surface area contributed by atoms with Crippen molar-refractivity contribution in [2.45, 2.75) is 17.3 Å². The second-order valence-electron chi connectivity index (χ2n) is 5.66. The molecule has 2 saturated heterocycles. The maximum absolute atomic E-state index is 12.0. The molecule has 6 nitrogen and oxygen atoms in total. The normalized spacial score (nSPS) is 25.2. The average Bonchev–Trinajstić information content (AvgIpc) is 2.82. The number of pyridine rings is 1. The van der Waals surface area contributed by atoms with Crippen LogP contribution in [0.5, 0.6) is 5.88 Å². The lowest BCUT2D eigenvalue weighted by Gasteiger charge is -2.46. The van der Waals surface area contributed by atoms with E-state index >= 15 is 0 Å². The fraction of sp³-hybridized carbons (Fsp3) is 0.615. The highest BCUT2D eigenvalue weighted by Crippen LogP contribution is 2.47. The monoisotopic (exact) mass is 329 g/mol. The molecule has 1 atom stereocenters. The van der Waals surface area contributed by atoms with Gasteiger partial charge in [0.25, 0.3) is 10.2 Å². The molecule has 8 heteroatoms. The third-order valence-electron chi connectivity index (χ3n) is 3.82. The van der Waals surface area contributed by atoms with Crippen LogP contribution in [0.15, 0.2) is 24.4 Å². The van der Waals surface area contributed by atoms with Crippen LogP contribution in [0.4, 0.5) is 0 Å². The smallest absolute Gasteiger partial charge is 0.281 e. The van der Waals surface area contributed by atoms with Gasteiger partial charge in [-0.05, 0) is 6.07 Å². The van der Waals surface area contributed by atoms with E-state index < -0.39 is 10.2 Å². The third kappa shape index (κ3) is 2.90. The van der Waals surface area contributed by atoms with Crippen molar-refractivity contribution in [3.8, 4) is 5.88 Å². The maximum atomic E-state index is 12.0. The zero-order valence-corrected chi connectivity index (χ0v) is 13.7. The first kappa shape index (κ1) is 15.1. The first-order valence-corrected chi connectivity index (χ1v) is 9.19. The summed E-state index contributed by atoms with van der Waals surface area (Å²) in [7, 11) is -0.151. The van der Waals surface area contributed by atoms with Crippen LogP contribution >= 0.6 is 11.8 Å². The zero-order chi connectivity index (χ0) is 15.1. The maximum Gasteiger partial charge on any atom is 0.281 e. The van der Waals surface area contributed by atoms with E-state index in [-0.39, 0.29) is 10.9 Å². The van der Waals surface area contributed by atoms with Gasteiger partial charge in [0, 0.05) is 56.4 Å². The van der Waals surface area contributed by atoms with Crippen LogP contribution < -0.4 is 4.74 Å². The molecule has 0 unspecified atom stereocenters. The van der Waals surface area contributed by atoms with Crippen molar-refractivity contribution < 1.29 is 13.2 Å². The van der Waals surface area contributed by atoms with Gasteiger partial charge in [0.2, 0.25) is 5.88 Å². The highest BCUT2D eigenvalue weighted by Gasteiger charge is 2.53. The minimum Gasteiger partial charge on any atom is -0.473 e. The molecule has 0 amide bonds. The highest BCUT2D eigenvalue weighted by atomic mass is 32.2. The lowest BCUT2D eigenvalue weighted by molar-refractivity contribution is 0.151. The molecular weight excluding hydrogens is 310 g/mol. The van der Waals surface area contributed by atoms with E-state index in [2.05, 4.69) is 4.98 Å². The van der Waals surface area contributed by atoms with Crippen LogP contribution in [-0.4, -0.2) is 65.8 Å². The van der Waals surface area contributed by atoms with Gasteiger partial charge in [0.15, 0.2) is 0 Å².